The predicted molar refractivity (Wildman–Crippen MR) is 91.4 cm³/mol. The lowest BCUT2D eigenvalue weighted by molar-refractivity contribution is -0.142. The van der Waals surface area contributed by atoms with Crippen LogP contribution in [0.3, 0.4) is 0 Å². The van der Waals surface area contributed by atoms with Crippen LogP contribution < -0.4 is 11.1 Å². The van der Waals surface area contributed by atoms with Crippen LogP contribution in [-0.2, 0) is 9.59 Å². The molecule has 1 atom stereocenters. The molecule has 3 N–H and O–H groups in total. The molecule has 2 aliphatic rings. The number of carbonyl (C=O) groups excluding carboxylic acids is 2. The molecule has 133 valence electrons. The van der Waals surface area contributed by atoms with E-state index in [0.29, 0.717) is 31.8 Å². The number of nitrogens with one attached hydrogen (secondary N) is 1. The van der Waals surface area contributed by atoms with E-state index in [0.717, 1.165) is 19.3 Å². The molecule has 2 fully saturated rings. The third kappa shape index (κ3) is 4.27. The van der Waals surface area contributed by atoms with Gasteiger partial charge in [0.05, 0.1) is 12.5 Å². The molecule has 2 rings (SSSR count). The van der Waals surface area contributed by atoms with Gasteiger partial charge in [-0.15, -0.1) is 0 Å². The Hall–Kier alpha value is -1.61. The highest BCUT2D eigenvalue weighted by Crippen LogP contribution is 2.31. The fourth-order valence-corrected chi connectivity index (χ4v) is 3.94. The smallest absolute Gasteiger partial charge is 0.240 e. The van der Waals surface area contributed by atoms with Gasteiger partial charge in [-0.05, 0) is 45.2 Å². The quantitative estimate of drug-likeness (QED) is 0.769. The van der Waals surface area contributed by atoms with Crippen molar-refractivity contribution in [2.45, 2.75) is 69.9 Å². The second-order valence-electron chi connectivity index (χ2n) is 7.12. The van der Waals surface area contributed by atoms with E-state index in [2.05, 4.69) is 11.4 Å². The molecular weight excluding hydrogens is 304 g/mol. The minimum Gasteiger partial charge on any atom is -0.368 e. The fourth-order valence-electron chi connectivity index (χ4n) is 3.94. The molecule has 1 unspecified atom stereocenters. The number of piperidine rings is 1. The third-order valence-electron chi connectivity index (χ3n) is 5.49. The summed E-state index contributed by atoms with van der Waals surface area (Å²) in [6, 6.07) is 1.53. The molecule has 6 nitrogen and oxygen atoms in total. The molecule has 6 heteroatoms. The van der Waals surface area contributed by atoms with Gasteiger partial charge in [0, 0.05) is 0 Å². The standard InChI is InChI=1S/C18H29N4O2/c1-14(17(20)24)22(18(13-19)9-11-21-12-10-18)16(23)8-7-15-5-3-2-4-6-15/h8,14-15,21H,2-7,9-12H2,1H3,(H2,20,24). The molecule has 1 saturated carbocycles. The number of nitrogens with zero attached hydrogens (tertiary/aromatic N) is 2. The summed E-state index contributed by atoms with van der Waals surface area (Å²) in [5.74, 6) is -0.252. The SMILES string of the molecule is CC(C(N)=O)N(C(=O)[CH]CC1CCCCC1)C1(C#N)CCNCC1. The van der Waals surface area contributed by atoms with E-state index >= 15 is 0 Å². The summed E-state index contributed by atoms with van der Waals surface area (Å²) in [5, 5.41) is 13.0. The molecule has 2 amide bonds. The van der Waals surface area contributed by atoms with Gasteiger partial charge < -0.3 is 16.0 Å². The first-order valence-corrected chi connectivity index (χ1v) is 9.08. The Bertz CT molecular complexity index is 488. The van der Waals surface area contributed by atoms with Crippen molar-refractivity contribution in [2.75, 3.05) is 13.1 Å². The van der Waals surface area contributed by atoms with Crippen LogP contribution in [-0.4, -0.2) is 41.4 Å². The summed E-state index contributed by atoms with van der Waals surface area (Å²) in [6.45, 7) is 2.94. The maximum absolute atomic E-state index is 12.9. The highest BCUT2D eigenvalue weighted by molar-refractivity contribution is 5.91. The van der Waals surface area contributed by atoms with Gasteiger partial charge in [-0.1, -0.05) is 32.1 Å². The molecule has 1 aliphatic heterocycles. The van der Waals surface area contributed by atoms with E-state index in [1.54, 1.807) is 13.3 Å². The maximum Gasteiger partial charge on any atom is 0.240 e. The monoisotopic (exact) mass is 333 g/mol. The first-order chi connectivity index (χ1) is 11.5. The van der Waals surface area contributed by atoms with Crippen LogP contribution in [0.25, 0.3) is 0 Å². The Morgan fingerprint density at radius 1 is 1.33 bits per heavy atom. The van der Waals surface area contributed by atoms with Gasteiger partial charge in [0.25, 0.3) is 0 Å². The van der Waals surface area contributed by atoms with Crippen molar-refractivity contribution in [3.05, 3.63) is 6.42 Å². The number of nitrogens with two attached hydrogens (primary N) is 1. The highest BCUT2D eigenvalue weighted by atomic mass is 16.2. The first kappa shape index (κ1) is 18.7. The van der Waals surface area contributed by atoms with E-state index in [-0.39, 0.29) is 5.91 Å². The number of carbonyl (C=O) groups is 2. The van der Waals surface area contributed by atoms with E-state index in [1.165, 1.54) is 24.2 Å². The zero-order valence-electron chi connectivity index (χ0n) is 14.6. The van der Waals surface area contributed by atoms with Crippen LogP contribution >= 0.6 is 0 Å². The second kappa shape index (κ2) is 8.48. The number of hydrogen-bond donors (Lipinski definition) is 2. The average molecular weight is 333 g/mol. The van der Waals surface area contributed by atoms with Crippen LogP contribution in [0.5, 0.6) is 0 Å². The topological polar surface area (TPSA) is 99.2 Å². The van der Waals surface area contributed by atoms with Crippen LogP contribution in [0, 0.1) is 23.7 Å². The van der Waals surface area contributed by atoms with Crippen molar-refractivity contribution in [2.24, 2.45) is 11.7 Å². The van der Waals surface area contributed by atoms with Crippen LogP contribution in [0.1, 0.15) is 58.3 Å². The fraction of sp³-hybridized carbons (Fsp3) is 0.778. The number of rotatable bonds is 6. The third-order valence-corrected chi connectivity index (χ3v) is 5.49. The minimum atomic E-state index is -0.945. The normalized spacial score (nSPS) is 22.3. The van der Waals surface area contributed by atoms with Crippen molar-refractivity contribution < 1.29 is 9.59 Å². The molecule has 24 heavy (non-hydrogen) atoms. The molecule has 0 aromatic heterocycles. The summed E-state index contributed by atoms with van der Waals surface area (Å²) < 4.78 is 0. The van der Waals surface area contributed by atoms with Gasteiger partial charge in [0.1, 0.15) is 11.6 Å². The Balaban J connectivity index is 2.11. The van der Waals surface area contributed by atoms with Gasteiger partial charge in [0.15, 0.2) is 0 Å². The minimum absolute atomic E-state index is 0.227. The maximum atomic E-state index is 12.9. The van der Waals surface area contributed by atoms with Crippen molar-refractivity contribution >= 4 is 11.8 Å². The van der Waals surface area contributed by atoms with Gasteiger partial charge in [-0.3, -0.25) is 9.59 Å². The number of nitriles is 1. The van der Waals surface area contributed by atoms with Crippen molar-refractivity contribution in [3.8, 4) is 6.07 Å². The first-order valence-electron chi connectivity index (χ1n) is 9.08. The molecule has 0 aromatic rings. The summed E-state index contributed by atoms with van der Waals surface area (Å²) in [5.41, 5.74) is 4.52. The molecule has 1 radical (unpaired) electrons. The number of amides is 2. The lowest BCUT2D eigenvalue weighted by Gasteiger charge is -2.44. The van der Waals surface area contributed by atoms with Crippen molar-refractivity contribution in [1.29, 1.82) is 5.26 Å². The van der Waals surface area contributed by atoms with Crippen molar-refractivity contribution in [1.82, 2.24) is 10.2 Å². The molecule has 1 heterocycles. The predicted octanol–water partition coefficient (Wildman–Crippen LogP) is 1.51. The largest absolute Gasteiger partial charge is 0.368 e. The Morgan fingerprint density at radius 2 is 1.96 bits per heavy atom. The Labute approximate surface area is 144 Å². The zero-order chi connectivity index (χ0) is 17.6. The Morgan fingerprint density at radius 3 is 2.50 bits per heavy atom. The number of primary amides is 1. The summed E-state index contributed by atoms with van der Waals surface area (Å²) in [4.78, 5) is 26.1. The number of hydrogen-bond acceptors (Lipinski definition) is 4. The molecule has 1 saturated heterocycles. The molecule has 0 spiro atoms. The van der Waals surface area contributed by atoms with Crippen LogP contribution in [0.2, 0.25) is 0 Å². The average Bonchev–Trinajstić information content (AvgIpc) is 2.61. The summed E-state index contributed by atoms with van der Waals surface area (Å²) in [7, 11) is 0. The van der Waals surface area contributed by atoms with E-state index < -0.39 is 17.5 Å². The van der Waals surface area contributed by atoms with Gasteiger partial charge >= 0.3 is 0 Å². The van der Waals surface area contributed by atoms with Gasteiger partial charge in [-0.2, -0.15) is 5.26 Å². The highest BCUT2D eigenvalue weighted by Gasteiger charge is 2.44. The van der Waals surface area contributed by atoms with E-state index in [9.17, 15) is 14.9 Å². The van der Waals surface area contributed by atoms with Gasteiger partial charge in [0.2, 0.25) is 11.8 Å². The molecule has 0 bridgehead atoms. The lowest BCUT2D eigenvalue weighted by Crippen LogP contribution is -2.61. The van der Waals surface area contributed by atoms with E-state index in [4.69, 9.17) is 5.73 Å². The van der Waals surface area contributed by atoms with Crippen molar-refractivity contribution in [3.63, 3.8) is 0 Å². The van der Waals surface area contributed by atoms with E-state index in [1.807, 2.05) is 0 Å². The molecule has 1 aliphatic carbocycles. The summed E-state index contributed by atoms with van der Waals surface area (Å²) in [6.07, 6.45) is 9.47. The van der Waals surface area contributed by atoms with Crippen LogP contribution in [0.15, 0.2) is 0 Å². The van der Waals surface area contributed by atoms with Gasteiger partial charge in [-0.25, -0.2) is 0 Å². The lowest BCUT2D eigenvalue weighted by atomic mass is 9.84. The Kier molecular flexibility index (Phi) is 6.61. The summed E-state index contributed by atoms with van der Waals surface area (Å²) >= 11 is 0. The van der Waals surface area contributed by atoms with Crippen LogP contribution in [0.4, 0.5) is 0 Å². The second-order valence-corrected chi connectivity index (χ2v) is 7.12. The molecule has 0 aromatic carbocycles. The zero-order valence-corrected chi connectivity index (χ0v) is 14.6. The molecular formula is C18H29N4O2.